The molecule has 196 valence electrons. The third-order valence-corrected chi connectivity index (χ3v) is 6.75. The fourth-order valence-electron chi connectivity index (χ4n) is 3.60. The molecule has 1 aliphatic rings. The number of hydrogen-bond acceptors (Lipinski definition) is 8. The largest absolute Gasteiger partial charge is 0.449 e. The summed E-state index contributed by atoms with van der Waals surface area (Å²) in [5.74, 6) is -0.607. The van der Waals surface area contributed by atoms with Crippen molar-refractivity contribution in [3.8, 4) is 10.6 Å². The standard InChI is InChI=1S/C25H35N5O5S/c1-3-4-17-35-25(33)30-14-12-29(13-15-30)20(31)18-27-22(32)21-24(26-11-8-16-34-2)36-23(28-21)19-9-6-5-7-10-19/h5-7,9-10,26H,3-4,8,11-18H2,1-2H3,(H,27,32). The highest BCUT2D eigenvalue weighted by molar-refractivity contribution is 7.19. The van der Waals surface area contributed by atoms with Crippen LogP contribution >= 0.6 is 11.3 Å². The highest BCUT2D eigenvalue weighted by atomic mass is 32.1. The van der Waals surface area contributed by atoms with Gasteiger partial charge >= 0.3 is 6.09 Å². The Morgan fingerprint density at radius 2 is 1.75 bits per heavy atom. The summed E-state index contributed by atoms with van der Waals surface area (Å²) in [7, 11) is 1.65. The van der Waals surface area contributed by atoms with Gasteiger partial charge in [-0.3, -0.25) is 9.59 Å². The Kier molecular flexibility index (Phi) is 11.0. The molecule has 2 heterocycles. The summed E-state index contributed by atoms with van der Waals surface area (Å²) in [4.78, 5) is 45.6. The summed E-state index contributed by atoms with van der Waals surface area (Å²) in [5.41, 5.74) is 1.19. The lowest BCUT2D eigenvalue weighted by atomic mass is 10.2. The summed E-state index contributed by atoms with van der Waals surface area (Å²) >= 11 is 1.40. The molecule has 2 aromatic rings. The SMILES string of the molecule is CCCCOC(=O)N1CCN(C(=O)CNC(=O)c2nc(-c3ccccc3)sc2NCCCOC)CC1. The van der Waals surface area contributed by atoms with Gasteiger partial charge in [0.25, 0.3) is 5.91 Å². The topological polar surface area (TPSA) is 113 Å². The molecule has 11 heteroatoms. The van der Waals surface area contributed by atoms with Gasteiger partial charge < -0.3 is 29.9 Å². The van der Waals surface area contributed by atoms with Gasteiger partial charge in [-0.1, -0.05) is 55.0 Å². The van der Waals surface area contributed by atoms with Crippen molar-refractivity contribution in [1.29, 1.82) is 0 Å². The van der Waals surface area contributed by atoms with E-state index >= 15 is 0 Å². The Balaban J connectivity index is 1.54. The molecule has 1 aromatic carbocycles. The van der Waals surface area contributed by atoms with Crippen LogP contribution in [0.2, 0.25) is 0 Å². The second-order valence-corrected chi connectivity index (χ2v) is 9.35. The number of piperazine rings is 1. The van der Waals surface area contributed by atoms with E-state index in [4.69, 9.17) is 9.47 Å². The lowest BCUT2D eigenvalue weighted by Crippen LogP contribution is -2.52. The molecule has 0 saturated carbocycles. The number of hydrogen-bond donors (Lipinski definition) is 2. The van der Waals surface area contributed by atoms with E-state index in [1.807, 2.05) is 37.3 Å². The number of nitrogens with one attached hydrogen (secondary N) is 2. The highest BCUT2D eigenvalue weighted by Crippen LogP contribution is 2.32. The average molecular weight is 518 g/mol. The molecule has 1 fully saturated rings. The van der Waals surface area contributed by atoms with Crippen LogP contribution in [0.15, 0.2) is 30.3 Å². The molecule has 0 aliphatic carbocycles. The van der Waals surface area contributed by atoms with Crippen LogP contribution < -0.4 is 10.6 Å². The van der Waals surface area contributed by atoms with Gasteiger partial charge in [-0.05, 0) is 12.8 Å². The number of nitrogens with zero attached hydrogens (tertiary/aromatic N) is 3. The van der Waals surface area contributed by atoms with Crippen molar-refractivity contribution in [3.05, 3.63) is 36.0 Å². The predicted octanol–water partition coefficient (Wildman–Crippen LogP) is 3.07. The second kappa shape index (κ2) is 14.4. The van der Waals surface area contributed by atoms with Crippen molar-refractivity contribution in [1.82, 2.24) is 20.1 Å². The summed E-state index contributed by atoms with van der Waals surface area (Å²) in [6.45, 7) is 5.17. The number of carbonyl (C=O) groups excluding carboxylic acids is 3. The third kappa shape index (κ3) is 7.92. The maximum atomic E-state index is 13.0. The number of ether oxygens (including phenoxy) is 2. The van der Waals surface area contributed by atoms with Gasteiger partial charge in [0.2, 0.25) is 5.91 Å². The predicted molar refractivity (Wildman–Crippen MR) is 139 cm³/mol. The van der Waals surface area contributed by atoms with Crippen molar-refractivity contribution in [2.24, 2.45) is 0 Å². The van der Waals surface area contributed by atoms with E-state index in [0.717, 1.165) is 29.8 Å². The van der Waals surface area contributed by atoms with E-state index < -0.39 is 5.91 Å². The molecule has 36 heavy (non-hydrogen) atoms. The monoisotopic (exact) mass is 517 g/mol. The van der Waals surface area contributed by atoms with Crippen molar-refractivity contribution in [3.63, 3.8) is 0 Å². The minimum absolute atomic E-state index is 0.138. The molecular weight excluding hydrogens is 482 g/mol. The molecule has 0 atom stereocenters. The minimum Gasteiger partial charge on any atom is -0.449 e. The maximum absolute atomic E-state index is 13.0. The number of aromatic nitrogens is 1. The zero-order chi connectivity index (χ0) is 25.8. The molecule has 0 unspecified atom stereocenters. The Morgan fingerprint density at radius 3 is 2.44 bits per heavy atom. The van der Waals surface area contributed by atoms with Gasteiger partial charge in [0.1, 0.15) is 10.0 Å². The highest BCUT2D eigenvalue weighted by Gasteiger charge is 2.26. The summed E-state index contributed by atoms with van der Waals surface area (Å²) in [5, 5.41) is 7.37. The van der Waals surface area contributed by atoms with Crippen LogP contribution in [0, 0.1) is 0 Å². The summed E-state index contributed by atoms with van der Waals surface area (Å²) in [6.07, 6.45) is 2.24. The summed E-state index contributed by atoms with van der Waals surface area (Å²) < 4.78 is 10.3. The Hall–Kier alpha value is -3.18. The Morgan fingerprint density at radius 1 is 1.03 bits per heavy atom. The minimum atomic E-state index is -0.408. The fourth-order valence-corrected chi connectivity index (χ4v) is 4.59. The number of unbranched alkanes of at least 4 members (excludes halogenated alkanes) is 1. The van der Waals surface area contributed by atoms with Crippen LogP contribution in [-0.4, -0.2) is 92.3 Å². The fraction of sp³-hybridized carbons (Fsp3) is 0.520. The Labute approximate surface area is 216 Å². The quantitative estimate of drug-likeness (QED) is 0.416. The molecule has 3 amide bonds. The molecule has 1 aliphatic heterocycles. The van der Waals surface area contributed by atoms with E-state index in [2.05, 4.69) is 15.6 Å². The molecule has 1 aromatic heterocycles. The van der Waals surface area contributed by atoms with Crippen LogP contribution in [0.1, 0.15) is 36.7 Å². The van der Waals surface area contributed by atoms with E-state index in [1.54, 1.807) is 16.9 Å². The van der Waals surface area contributed by atoms with E-state index in [1.165, 1.54) is 11.3 Å². The van der Waals surface area contributed by atoms with Crippen molar-refractivity contribution >= 4 is 34.2 Å². The lowest BCUT2D eigenvalue weighted by molar-refractivity contribution is -0.131. The van der Waals surface area contributed by atoms with Gasteiger partial charge in [-0.15, -0.1) is 0 Å². The summed E-state index contributed by atoms with van der Waals surface area (Å²) in [6, 6.07) is 9.66. The van der Waals surface area contributed by atoms with Crippen LogP contribution in [0.4, 0.5) is 9.80 Å². The van der Waals surface area contributed by atoms with Crippen LogP contribution in [0.25, 0.3) is 10.6 Å². The molecule has 10 nitrogen and oxygen atoms in total. The molecule has 3 rings (SSSR count). The molecular formula is C25H35N5O5S. The van der Waals surface area contributed by atoms with Gasteiger partial charge in [0.15, 0.2) is 5.69 Å². The number of amides is 3. The Bertz CT molecular complexity index is 992. The van der Waals surface area contributed by atoms with Gasteiger partial charge in [0, 0.05) is 52.0 Å². The average Bonchev–Trinajstić information content (AvgIpc) is 3.34. The van der Waals surface area contributed by atoms with E-state index in [0.29, 0.717) is 50.9 Å². The van der Waals surface area contributed by atoms with E-state index in [9.17, 15) is 14.4 Å². The normalized spacial score (nSPS) is 13.4. The van der Waals surface area contributed by atoms with Gasteiger partial charge in [-0.25, -0.2) is 9.78 Å². The first-order chi connectivity index (χ1) is 17.5. The van der Waals surface area contributed by atoms with Crippen LogP contribution in [0.3, 0.4) is 0 Å². The zero-order valence-electron chi connectivity index (χ0n) is 21.0. The van der Waals surface area contributed by atoms with Crippen LogP contribution in [-0.2, 0) is 14.3 Å². The first-order valence-corrected chi connectivity index (χ1v) is 13.1. The van der Waals surface area contributed by atoms with Crippen LogP contribution in [0.5, 0.6) is 0 Å². The third-order valence-electron chi connectivity index (χ3n) is 5.69. The number of carbonyl (C=O) groups is 3. The van der Waals surface area contributed by atoms with Crippen molar-refractivity contribution in [2.75, 3.05) is 64.9 Å². The van der Waals surface area contributed by atoms with Gasteiger partial charge in [-0.2, -0.15) is 0 Å². The van der Waals surface area contributed by atoms with E-state index in [-0.39, 0.29) is 24.2 Å². The molecule has 0 spiro atoms. The first kappa shape index (κ1) is 27.4. The smallest absolute Gasteiger partial charge is 0.409 e. The number of anilines is 1. The second-order valence-electron chi connectivity index (χ2n) is 8.35. The number of thiazole rings is 1. The first-order valence-electron chi connectivity index (χ1n) is 12.3. The van der Waals surface area contributed by atoms with Crippen molar-refractivity contribution in [2.45, 2.75) is 26.2 Å². The molecule has 2 N–H and O–H groups in total. The van der Waals surface area contributed by atoms with Crippen molar-refractivity contribution < 1.29 is 23.9 Å². The number of benzene rings is 1. The zero-order valence-corrected chi connectivity index (χ0v) is 21.8. The maximum Gasteiger partial charge on any atom is 0.409 e. The number of methoxy groups -OCH3 is 1. The molecule has 0 radical (unpaired) electrons. The number of rotatable bonds is 12. The van der Waals surface area contributed by atoms with Gasteiger partial charge in [0.05, 0.1) is 13.2 Å². The molecule has 0 bridgehead atoms. The lowest BCUT2D eigenvalue weighted by Gasteiger charge is -2.34. The molecule has 1 saturated heterocycles.